The Morgan fingerprint density at radius 3 is 2.38 bits per heavy atom. The van der Waals surface area contributed by atoms with Crippen molar-refractivity contribution in [2.75, 3.05) is 0 Å². The monoisotopic (exact) mass is 338 g/mol. The van der Waals surface area contributed by atoms with Crippen molar-refractivity contribution < 1.29 is 0 Å². The van der Waals surface area contributed by atoms with Crippen LogP contribution in [0.25, 0.3) is 22.3 Å². The van der Waals surface area contributed by atoms with Crippen molar-refractivity contribution in [1.82, 2.24) is 0 Å². The Morgan fingerprint density at radius 2 is 1.46 bits per heavy atom. The molecule has 0 saturated carbocycles. The van der Waals surface area contributed by atoms with E-state index >= 15 is 0 Å². The van der Waals surface area contributed by atoms with Crippen LogP contribution in [0.1, 0.15) is 38.2 Å². The molecule has 0 bridgehead atoms. The topological polar surface area (TPSA) is 24.7 Å². The maximum absolute atomic E-state index is 4.93. The SMILES string of the molecule is CCCCCCc1cccc2c1-c1cc3c(cc1=N2)-c1ccccc1N=3. The molecule has 0 radical (unpaired) electrons. The van der Waals surface area contributed by atoms with Crippen molar-refractivity contribution in [3.8, 4) is 22.3 Å². The summed E-state index contributed by atoms with van der Waals surface area (Å²) in [5, 5.41) is 2.17. The van der Waals surface area contributed by atoms with Gasteiger partial charge in [-0.2, -0.15) is 0 Å². The third-order valence-corrected chi connectivity index (χ3v) is 5.49. The van der Waals surface area contributed by atoms with Gasteiger partial charge in [0.15, 0.2) is 0 Å². The fraction of sp³-hybridized carbons (Fsp3) is 0.250. The van der Waals surface area contributed by atoms with Gasteiger partial charge in [-0.15, -0.1) is 0 Å². The first-order valence-corrected chi connectivity index (χ1v) is 9.68. The van der Waals surface area contributed by atoms with Crippen LogP contribution in [0.2, 0.25) is 0 Å². The van der Waals surface area contributed by atoms with Gasteiger partial charge in [0.2, 0.25) is 0 Å². The molecule has 0 atom stereocenters. The molecule has 26 heavy (non-hydrogen) atoms. The van der Waals surface area contributed by atoms with Gasteiger partial charge < -0.3 is 0 Å². The number of aryl methyl sites for hydroxylation is 1. The number of hydrogen-bond acceptors (Lipinski definition) is 2. The second-order valence-corrected chi connectivity index (χ2v) is 7.25. The second kappa shape index (κ2) is 6.21. The van der Waals surface area contributed by atoms with Gasteiger partial charge in [0.25, 0.3) is 0 Å². The summed E-state index contributed by atoms with van der Waals surface area (Å²) < 4.78 is 0. The molecule has 0 aromatic heterocycles. The minimum absolute atomic E-state index is 1.07. The molecule has 0 N–H and O–H groups in total. The third-order valence-electron chi connectivity index (χ3n) is 5.49. The largest absolute Gasteiger partial charge is 0.248 e. The van der Waals surface area contributed by atoms with E-state index in [4.69, 9.17) is 9.98 Å². The van der Waals surface area contributed by atoms with E-state index < -0.39 is 0 Å². The highest BCUT2D eigenvalue weighted by atomic mass is 14.8. The fourth-order valence-corrected chi connectivity index (χ4v) is 4.18. The van der Waals surface area contributed by atoms with Crippen LogP contribution in [0, 0.1) is 0 Å². The van der Waals surface area contributed by atoms with E-state index in [0.29, 0.717) is 0 Å². The lowest BCUT2D eigenvalue weighted by atomic mass is 9.94. The molecule has 2 nitrogen and oxygen atoms in total. The van der Waals surface area contributed by atoms with E-state index in [1.165, 1.54) is 53.5 Å². The molecule has 2 heterocycles. The van der Waals surface area contributed by atoms with E-state index in [0.717, 1.165) is 28.5 Å². The molecule has 128 valence electrons. The molecule has 2 aliphatic heterocycles. The van der Waals surface area contributed by atoms with Crippen molar-refractivity contribution in [1.29, 1.82) is 0 Å². The summed E-state index contributed by atoms with van der Waals surface area (Å²) in [5.74, 6) is 0. The Labute approximate surface area is 154 Å². The Hall–Kier alpha value is -2.74. The number of rotatable bonds is 5. The minimum Gasteiger partial charge on any atom is -0.248 e. The summed E-state index contributed by atoms with van der Waals surface area (Å²) in [4.78, 5) is 9.77. The standard InChI is InChI=1S/C24H22N2/c1-2-3-4-5-9-16-10-8-13-21-24(16)19-15-22-18(14-23(19)26-21)17-11-6-7-12-20(17)25-22/h6-8,10-15H,2-5,9H2,1H3. The van der Waals surface area contributed by atoms with Gasteiger partial charge in [0, 0.05) is 22.3 Å². The van der Waals surface area contributed by atoms with Crippen molar-refractivity contribution in [3.05, 3.63) is 70.9 Å². The van der Waals surface area contributed by atoms with Crippen LogP contribution in [0.3, 0.4) is 0 Å². The molecule has 3 aromatic carbocycles. The van der Waals surface area contributed by atoms with Crippen molar-refractivity contribution in [2.45, 2.75) is 39.0 Å². The van der Waals surface area contributed by atoms with Crippen molar-refractivity contribution in [3.63, 3.8) is 0 Å². The predicted octanol–water partition coefficient (Wildman–Crippen LogP) is 5.67. The Balaban J connectivity index is 1.59. The summed E-state index contributed by atoms with van der Waals surface area (Å²) in [6.07, 6.45) is 6.28. The van der Waals surface area contributed by atoms with E-state index in [1.807, 2.05) is 0 Å². The predicted molar refractivity (Wildman–Crippen MR) is 107 cm³/mol. The maximum atomic E-state index is 4.93. The summed E-state index contributed by atoms with van der Waals surface area (Å²) >= 11 is 0. The first-order chi connectivity index (χ1) is 12.8. The van der Waals surface area contributed by atoms with Gasteiger partial charge in [0.1, 0.15) is 0 Å². The van der Waals surface area contributed by atoms with Crippen LogP contribution >= 0.6 is 0 Å². The second-order valence-electron chi connectivity index (χ2n) is 7.25. The van der Waals surface area contributed by atoms with Gasteiger partial charge in [-0.3, -0.25) is 0 Å². The Bertz CT molecular complexity index is 1130. The van der Waals surface area contributed by atoms with E-state index in [-0.39, 0.29) is 0 Å². The highest BCUT2D eigenvalue weighted by Gasteiger charge is 2.21. The number of benzene rings is 3. The number of para-hydroxylation sites is 1. The Morgan fingerprint density at radius 1 is 0.692 bits per heavy atom. The lowest BCUT2D eigenvalue weighted by Crippen LogP contribution is -2.11. The zero-order chi connectivity index (χ0) is 17.5. The van der Waals surface area contributed by atoms with Crippen LogP contribution in [-0.2, 0) is 6.42 Å². The van der Waals surface area contributed by atoms with Crippen LogP contribution in [0.15, 0.2) is 64.6 Å². The van der Waals surface area contributed by atoms with Gasteiger partial charge in [-0.25, -0.2) is 9.98 Å². The smallest absolute Gasteiger partial charge is 0.0724 e. The number of fused-ring (bicyclic) bond motifs is 6. The highest BCUT2D eigenvalue weighted by Crippen LogP contribution is 2.38. The lowest BCUT2D eigenvalue weighted by Gasteiger charge is -2.09. The highest BCUT2D eigenvalue weighted by molar-refractivity contribution is 5.86. The van der Waals surface area contributed by atoms with Gasteiger partial charge >= 0.3 is 0 Å². The molecule has 0 aliphatic carbocycles. The lowest BCUT2D eigenvalue weighted by molar-refractivity contribution is 0.667. The zero-order valence-corrected chi connectivity index (χ0v) is 15.1. The molecule has 0 saturated heterocycles. The van der Waals surface area contributed by atoms with Crippen molar-refractivity contribution in [2.24, 2.45) is 9.98 Å². The molecule has 0 spiro atoms. The van der Waals surface area contributed by atoms with Crippen LogP contribution < -0.4 is 10.7 Å². The van der Waals surface area contributed by atoms with Crippen LogP contribution in [0.4, 0.5) is 11.4 Å². The van der Waals surface area contributed by atoms with Crippen LogP contribution in [-0.4, -0.2) is 0 Å². The van der Waals surface area contributed by atoms with Crippen LogP contribution in [0.5, 0.6) is 0 Å². The average molecular weight is 338 g/mol. The number of hydrogen-bond donors (Lipinski definition) is 0. The number of nitrogens with zero attached hydrogens (tertiary/aromatic N) is 2. The molecule has 0 fully saturated rings. The molecular formula is C24H22N2. The summed E-state index contributed by atoms with van der Waals surface area (Å²) in [7, 11) is 0. The van der Waals surface area contributed by atoms with Gasteiger partial charge in [-0.05, 0) is 42.7 Å². The van der Waals surface area contributed by atoms with E-state index in [9.17, 15) is 0 Å². The quantitative estimate of drug-likeness (QED) is 0.369. The molecule has 5 rings (SSSR count). The summed E-state index contributed by atoms with van der Waals surface area (Å²) in [5.41, 5.74) is 8.62. The normalized spacial score (nSPS) is 12.7. The maximum Gasteiger partial charge on any atom is 0.0724 e. The Kier molecular flexibility index (Phi) is 3.70. The average Bonchev–Trinajstić information content (AvgIpc) is 3.21. The molecule has 0 unspecified atom stereocenters. The summed E-state index contributed by atoms with van der Waals surface area (Å²) in [6.45, 7) is 2.26. The van der Waals surface area contributed by atoms with Gasteiger partial charge in [0.05, 0.1) is 22.1 Å². The molecular weight excluding hydrogens is 316 g/mol. The van der Waals surface area contributed by atoms with Crippen molar-refractivity contribution >= 4 is 11.4 Å². The first-order valence-electron chi connectivity index (χ1n) is 9.68. The van der Waals surface area contributed by atoms with E-state index in [2.05, 4.69) is 61.5 Å². The third kappa shape index (κ3) is 2.40. The molecule has 2 aliphatic rings. The van der Waals surface area contributed by atoms with E-state index in [1.54, 1.807) is 0 Å². The fourth-order valence-electron chi connectivity index (χ4n) is 4.18. The zero-order valence-electron chi connectivity index (χ0n) is 15.1. The summed E-state index contributed by atoms with van der Waals surface area (Å²) in [6, 6.07) is 19.4. The minimum atomic E-state index is 1.07. The molecule has 0 amide bonds. The first kappa shape index (κ1) is 15.5. The van der Waals surface area contributed by atoms with Gasteiger partial charge in [-0.1, -0.05) is 56.5 Å². The molecule has 3 aromatic rings. The number of unbranched alkanes of at least 4 members (excludes halogenated alkanes) is 3. The molecule has 2 heteroatoms.